The van der Waals surface area contributed by atoms with E-state index in [9.17, 15) is 19.5 Å². The molecule has 1 aliphatic heterocycles. The Morgan fingerprint density at radius 1 is 0.909 bits per heavy atom. The summed E-state index contributed by atoms with van der Waals surface area (Å²) in [4.78, 5) is 40.2. The predicted molar refractivity (Wildman–Crippen MR) is 171 cm³/mol. The Bertz CT molecular complexity index is 1050. The molecule has 1 aromatic carbocycles. The van der Waals surface area contributed by atoms with Crippen LogP contribution in [0.25, 0.3) is 0 Å². The summed E-state index contributed by atoms with van der Waals surface area (Å²) in [5.74, 6) is -4.16. The van der Waals surface area contributed by atoms with Gasteiger partial charge in [0.05, 0.1) is 12.5 Å². The molecule has 3 atom stereocenters. The molecule has 1 aromatic rings. The molecule has 0 spiro atoms. The quantitative estimate of drug-likeness (QED) is 0.215. The molecule has 3 unspecified atom stereocenters. The van der Waals surface area contributed by atoms with Gasteiger partial charge >= 0.3 is 0 Å². The van der Waals surface area contributed by atoms with Gasteiger partial charge in [0, 0.05) is 29.4 Å². The first-order valence-corrected chi connectivity index (χ1v) is 17.1. The van der Waals surface area contributed by atoms with Crippen LogP contribution in [0, 0.1) is 11.3 Å². The number of rotatable bonds is 17. The average molecular weight is 614 g/mol. The lowest BCUT2D eigenvalue weighted by Gasteiger charge is -2.47. The Kier molecular flexibility index (Phi) is 13.7. The van der Waals surface area contributed by atoms with Crippen LogP contribution in [-0.4, -0.2) is 48.4 Å². The normalized spacial score (nSPS) is 22.0. The van der Waals surface area contributed by atoms with Gasteiger partial charge in [-0.3, -0.25) is 9.59 Å². The van der Waals surface area contributed by atoms with Crippen LogP contribution in [-0.2, 0) is 23.9 Å². The van der Waals surface area contributed by atoms with Crippen molar-refractivity contribution in [1.29, 1.82) is 0 Å². The van der Waals surface area contributed by atoms with E-state index in [1.807, 2.05) is 44.2 Å². The standard InChI is InChI=1S/C36H58N2O6/c1-6-7-8-9-10-11-12-17-22-28(27-20-15-13-16-21-27)31(39)38-36(23-18-14-19-24-36)29(33(41)42)25-37-32(40)30-34(2,3)26-43-35(4,5)44-30/h13,15-16,20-21,28-30H,6-12,14,17-19,22-26H2,1-5H3,(H,37,40)(H,38,39)(H,41,42)/p-1. The van der Waals surface area contributed by atoms with E-state index >= 15 is 0 Å². The number of carboxylic acids is 1. The molecular formula is C36H57N2O6-. The van der Waals surface area contributed by atoms with Gasteiger partial charge in [-0.25, -0.2) is 0 Å². The number of benzene rings is 1. The fourth-order valence-corrected chi connectivity index (χ4v) is 6.81. The van der Waals surface area contributed by atoms with E-state index < -0.39 is 34.7 Å². The monoisotopic (exact) mass is 613 g/mol. The SMILES string of the molecule is CCCCCCCCCCC(C(=O)NC1(C(CNC(=O)C2OC(C)(C)OCC2(C)C)C(=O)[O-])CCCCC1)c1ccccc1. The van der Waals surface area contributed by atoms with E-state index in [1.165, 1.54) is 32.1 Å². The molecular weight excluding hydrogens is 556 g/mol. The lowest BCUT2D eigenvalue weighted by molar-refractivity contribution is -0.314. The Hall–Kier alpha value is -2.45. The minimum Gasteiger partial charge on any atom is -0.550 e. The molecule has 2 fully saturated rings. The Morgan fingerprint density at radius 3 is 2.14 bits per heavy atom. The fraction of sp³-hybridized carbons (Fsp3) is 0.750. The van der Waals surface area contributed by atoms with Crippen molar-refractivity contribution >= 4 is 17.8 Å². The number of hydrogen-bond donors (Lipinski definition) is 2. The highest BCUT2D eigenvalue weighted by Gasteiger charge is 2.47. The number of amides is 2. The number of nitrogens with one attached hydrogen (secondary N) is 2. The van der Waals surface area contributed by atoms with Crippen LogP contribution >= 0.6 is 0 Å². The zero-order chi connectivity index (χ0) is 32.2. The summed E-state index contributed by atoms with van der Waals surface area (Å²) < 4.78 is 11.7. The molecule has 1 saturated heterocycles. The zero-order valence-corrected chi connectivity index (χ0v) is 27.9. The van der Waals surface area contributed by atoms with E-state index in [-0.39, 0.29) is 24.3 Å². The van der Waals surface area contributed by atoms with Gasteiger partial charge in [-0.15, -0.1) is 0 Å². The summed E-state index contributed by atoms with van der Waals surface area (Å²) in [6.07, 6.45) is 13.0. The number of aliphatic carboxylic acids is 1. The van der Waals surface area contributed by atoms with Crippen molar-refractivity contribution in [2.75, 3.05) is 13.2 Å². The van der Waals surface area contributed by atoms with E-state index in [2.05, 4.69) is 17.6 Å². The highest BCUT2D eigenvalue weighted by molar-refractivity contribution is 5.86. The summed E-state index contributed by atoms with van der Waals surface area (Å²) in [6, 6.07) is 9.80. The summed E-state index contributed by atoms with van der Waals surface area (Å²) in [7, 11) is 0. The van der Waals surface area contributed by atoms with E-state index in [0.717, 1.165) is 44.1 Å². The van der Waals surface area contributed by atoms with Crippen LogP contribution in [0.1, 0.15) is 136 Å². The van der Waals surface area contributed by atoms with Crippen molar-refractivity contribution in [1.82, 2.24) is 10.6 Å². The predicted octanol–water partition coefficient (Wildman–Crippen LogP) is 5.78. The largest absolute Gasteiger partial charge is 0.550 e. The van der Waals surface area contributed by atoms with Gasteiger partial charge in [0.25, 0.3) is 0 Å². The third-order valence-electron chi connectivity index (χ3n) is 9.56. The van der Waals surface area contributed by atoms with Crippen LogP contribution in [0.2, 0.25) is 0 Å². The van der Waals surface area contributed by atoms with Gasteiger partial charge in [-0.05, 0) is 38.7 Å². The number of carboxylic acid groups (broad SMARTS) is 1. The first kappa shape index (κ1) is 36.0. The van der Waals surface area contributed by atoms with Gasteiger partial charge in [0.1, 0.15) is 6.10 Å². The third kappa shape index (κ3) is 10.3. The molecule has 0 radical (unpaired) electrons. The molecule has 248 valence electrons. The van der Waals surface area contributed by atoms with Crippen molar-refractivity contribution in [2.45, 2.75) is 148 Å². The molecule has 1 heterocycles. The van der Waals surface area contributed by atoms with E-state index in [0.29, 0.717) is 25.9 Å². The van der Waals surface area contributed by atoms with Crippen LogP contribution in [0.5, 0.6) is 0 Å². The molecule has 3 rings (SSSR count). The second-order valence-electron chi connectivity index (χ2n) is 14.2. The molecule has 0 aromatic heterocycles. The van der Waals surface area contributed by atoms with Crippen LogP contribution in [0.15, 0.2) is 30.3 Å². The highest BCUT2D eigenvalue weighted by atomic mass is 16.7. The van der Waals surface area contributed by atoms with Crippen LogP contribution in [0.4, 0.5) is 0 Å². The molecule has 2 N–H and O–H groups in total. The van der Waals surface area contributed by atoms with Gasteiger partial charge in [0.2, 0.25) is 11.8 Å². The maximum absolute atomic E-state index is 14.1. The molecule has 44 heavy (non-hydrogen) atoms. The average Bonchev–Trinajstić information content (AvgIpc) is 2.98. The van der Waals surface area contributed by atoms with Gasteiger partial charge in [-0.2, -0.15) is 0 Å². The lowest BCUT2D eigenvalue weighted by atomic mass is 9.72. The Balaban J connectivity index is 1.73. The minimum absolute atomic E-state index is 0.144. The highest BCUT2D eigenvalue weighted by Crippen LogP contribution is 2.37. The second-order valence-corrected chi connectivity index (χ2v) is 14.2. The first-order valence-electron chi connectivity index (χ1n) is 17.1. The summed E-state index contributed by atoms with van der Waals surface area (Å²) in [5.41, 5.74) is -0.649. The van der Waals surface area contributed by atoms with Gasteiger partial charge in [0.15, 0.2) is 5.79 Å². The molecule has 2 aliphatic rings. The van der Waals surface area contributed by atoms with Crippen molar-refractivity contribution in [3.63, 3.8) is 0 Å². The number of carbonyl (C=O) groups excluding carboxylic acids is 3. The number of hydrogen-bond acceptors (Lipinski definition) is 6. The topological polar surface area (TPSA) is 117 Å². The molecule has 2 amide bonds. The molecule has 1 aliphatic carbocycles. The second kappa shape index (κ2) is 16.7. The van der Waals surface area contributed by atoms with Crippen LogP contribution < -0.4 is 15.7 Å². The number of ether oxygens (including phenoxy) is 2. The maximum Gasteiger partial charge on any atom is 0.249 e. The summed E-state index contributed by atoms with van der Waals surface area (Å²) in [5, 5.41) is 18.8. The van der Waals surface area contributed by atoms with Crippen molar-refractivity contribution < 1.29 is 29.0 Å². The summed E-state index contributed by atoms with van der Waals surface area (Å²) >= 11 is 0. The molecule has 8 heteroatoms. The smallest absolute Gasteiger partial charge is 0.249 e. The van der Waals surface area contributed by atoms with Gasteiger partial charge < -0.3 is 30.0 Å². The molecule has 8 nitrogen and oxygen atoms in total. The van der Waals surface area contributed by atoms with Gasteiger partial charge in [-0.1, -0.05) is 122 Å². The first-order chi connectivity index (χ1) is 20.9. The molecule has 0 bridgehead atoms. The Labute approximate surface area is 265 Å². The number of carbonyl (C=O) groups is 3. The third-order valence-corrected chi connectivity index (χ3v) is 9.56. The van der Waals surface area contributed by atoms with E-state index in [4.69, 9.17) is 9.47 Å². The van der Waals surface area contributed by atoms with Crippen molar-refractivity contribution in [3.05, 3.63) is 35.9 Å². The van der Waals surface area contributed by atoms with Crippen LogP contribution in [0.3, 0.4) is 0 Å². The van der Waals surface area contributed by atoms with Crippen molar-refractivity contribution in [3.8, 4) is 0 Å². The van der Waals surface area contributed by atoms with Crippen molar-refractivity contribution in [2.24, 2.45) is 11.3 Å². The zero-order valence-electron chi connectivity index (χ0n) is 27.9. The Morgan fingerprint density at radius 2 is 1.52 bits per heavy atom. The van der Waals surface area contributed by atoms with E-state index in [1.54, 1.807) is 13.8 Å². The number of unbranched alkanes of at least 4 members (excludes halogenated alkanes) is 7. The minimum atomic E-state index is -1.26. The molecule has 1 saturated carbocycles. The lowest BCUT2D eigenvalue weighted by Crippen LogP contribution is -2.64. The summed E-state index contributed by atoms with van der Waals surface area (Å²) in [6.45, 7) is 9.71. The fourth-order valence-electron chi connectivity index (χ4n) is 6.81. The maximum atomic E-state index is 14.1.